The Balaban J connectivity index is 2.09. The van der Waals surface area contributed by atoms with Crippen molar-refractivity contribution in [1.29, 1.82) is 0 Å². The van der Waals surface area contributed by atoms with E-state index in [1.807, 2.05) is 25.1 Å². The summed E-state index contributed by atoms with van der Waals surface area (Å²) in [5, 5.41) is 12.2. The van der Waals surface area contributed by atoms with Gasteiger partial charge in [0.1, 0.15) is 5.75 Å². The second kappa shape index (κ2) is 8.00. The lowest BCUT2D eigenvalue weighted by atomic mass is 10.0. The molecule has 1 fully saturated rings. The molecule has 5 heteroatoms. The number of para-hydroxylation sites is 1. The van der Waals surface area contributed by atoms with Crippen LogP contribution < -0.4 is 10.1 Å². The van der Waals surface area contributed by atoms with Crippen LogP contribution in [0.1, 0.15) is 31.4 Å². The number of benzene rings is 1. The first-order valence-electron chi connectivity index (χ1n) is 7.60. The molecule has 0 bridgehead atoms. The Morgan fingerprint density at radius 2 is 2.29 bits per heavy atom. The van der Waals surface area contributed by atoms with Crippen LogP contribution in [0.2, 0.25) is 0 Å². The number of ether oxygens (including phenoxy) is 1. The number of piperazine rings is 1. The van der Waals surface area contributed by atoms with Crippen molar-refractivity contribution in [2.24, 2.45) is 0 Å². The molecule has 1 aliphatic heterocycles. The van der Waals surface area contributed by atoms with Crippen molar-refractivity contribution < 1.29 is 14.6 Å². The summed E-state index contributed by atoms with van der Waals surface area (Å²) in [5.74, 6) is 0.202. The smallest absolute Gasteiger partial charge is 0.303 e. The van der Waals surface area contributed by atoms with Gasteiger partial charge in [-0.3, -0.25) is 9.69 Å². The highest BCUT2D eigenvalue weighted by atomic mass is 16.5. The first-order valence-corrected chi connectivity index (χ1v) is 7.60. The van der Waals surface area contributed by atoms with E-state index in [9.17, 15) is 4.79 Å². The highest BCUT2D eigenvalue weighted by Gasteiger charge is 2.25. The number of carboxylic acid groups (broad SMARTS) is 1. The summed E-state index contributed by atoms with van der Waals surface area (Å²) >= 11 is 0. The highest BCUT2D eigenvalue weighted by Crippen LogP contribution is 2.30. The third kappa shape index (κ3) is 4.44. The van der Waals surface area contributed by atoms with E-state index in [-0.39, 0.29) is 12.5 Å². The SMILES string of the molecule is CCOc1ccccc1C1CNCCN1CCCC(=O)O. The zero-order valence-electron chi connectivity index (χ0n) is 12.5. The second-order valence-corrected chi connectivity index (χ2v) is 5.22. The van der Waals surface area contributed by atoms with E-state index >= 15 is 0 Å². The molecule has 0 aromatic heterocycles. The van der Waals surface area contributed by atoms with Crippen molar-refractivity contribution in [3.63, 3.8) is 0 Å². The van der Waals surface area contributed by atoms with Gasteiger partial charge in [0.25, 0.3) is 0 Å². The molecule has 1 aliphatic rings. The van der Waals surface area contributed by atoms with Gasteiger partial charge in [0.15, 0.2) is 0 Å². The van der Waals surface area contributed by atoms with Gasteiger partial charge in [0, 0.05) is 31.6 Å². The third-order valence-corrected chi connectivity index (χ3v) is 3.77. The van der Waals surface area contributed by atoms with Gasteiger partial charge in [0.2, 0.25) is 0 Å². The average molecular weight is 292 g/mol. The third-order valence-electron chi connectivity index (χ3n) is 3.77. The average Bonchev–Trinajstić information content (AvgIpc) is 2.48. The lowest BCUT2D eigenvalue weighted by Gasteiger charge is -2.37. The van der Waals surface area contributed by atoms with Crippen LogP contribution in [0.15, 0.2) is 24.3 Å². The van der Waals surface area contributed by atoms with Crippen LogP contribution in [-0.4, -0.2) is 48.8 Å². The Labute approximate surface area is 125 Å². The van der Waals surface area contributed by atoms with E-state index in [2.05, 4.69) is 16.3 Å². The summed E-state index contributed by atoms with van der Waals surface area (Å²) in [6.07, 6.45) is 0.909. The van der Waals surface area contributed by atoms with Crippen molar-refractivity contribution >= 4 is 5.97 Å². The Morgan fingerprint density at radius 3 is 3.05 bits per heavy atom. The minimum atomic E-state index is -0.726. The first kappa shape index (κ1) is 15.8. The summed E-state index contributed by atoms with van der Waals surface area (Å²) in [6.45, 7) is 6.19. The van der Waals surface area contributed by atoms with Gasteiger partial charge in [-0.25, -0.2) is 0 Å². The molecule has 1 saturated heterocycles. The number of nitrogens with zero attached hydrogens (tertiary/aromatic N) is 1. The molecule has 1 aromatic carbocycles. The van der Waals surface area contributed by atoms with E-state index in [0.717, 1.165) is 31.9 Å². The number of hydrogen-bond donors (Lipinski definition) is 2. The Morgan fingerprint density at radius 1 is 1.48 bits per heavy atom. The molecule has 116 valence electrons. The topological polar surface area (TPSA) is 61.8 Å². The largest absolute Gasteiger partial charge is 0.494 e. The van der Waals surface area contributed by atoms with Gasteiger partial charge >= 0.3 is 5.97 Å². The molecule has 2 rings (SSSR count). The van der Waals surface area contributed by atoms with Crippen LogP contribution in [0.4, 0.5) is 0 Å². The van der Waals surface area contributed by atoms with E-state index in [4.69, 9.17) is 9.84 Å². The van der Waals surface area contributed by atoms with Crippen molar-refractivity contribution in [3.8, 4) is 5.75 Å². The Kier molecular flexibility index (Phi) is 6.02. The maximum atomic E-state index is 10.7. The molecular formula is C16H24N2O3. The van der Waals surface area contributed by atoms with Crippen LogP contribution in [0.5, 0.6) is 5.75 Å². The molecule has 2 N–H and O–H groups in total. The van der Waals surface area contributed by atoms with Gasteiger partial charge in [-0.1, -0.05) is 18.2 Å². The monoisotopic (exact) mass is 292 g/mol. The molecular weight excluding hydrogens is 268 g/mol. The predicted molar refractivity (Wildman–Crippen MR) is 81.7 cm³/mol. The van der Waals surface area contributed by atoms with Gasteiger partial charge < -0.3 is 15.2 Å². The lowest BCUT2D eigenvalue weighted by Crippen LogP contribution is -2.46. The molecule has 0 saturated carbocycles. The molecule has 0 radical (unpaired) electrons. The van der Waals surface area contributed by atoms with Crippen LogP contribution in [0.3, 0.4) is 0 Å². The maximum Gasteiger partial charge on any atom is 0.303 e. The minimum absolute atomic E-state index is 0.226. The first-order chi connectivity index (χ1) is 10.2. The lowest BCUT2D eigenvalue weighted by molar-refractivity contribution is -0.137. The molecule has 0 amide bonds. The van der Waals surface area contributed by atoms with Crippen LogP contribution in [0.25, 0.3) is 0 Å². The van der Waals surface area contributed by atoms with Gasteiger partial charge in [-0.2, -0.15) is 0 Å². The van der Waals surface area contributed by atoms with Gasteiger partial charge in [-0.05, 0) is 26.0 Å². The highest BCUT2D eigenvalue weighted by molar-refractivity contribution is 5.66. The van der Waals surface area contributed by atoms with E-state index < -0.39 is 5.97 Å². The van der Waals surface area contributed by atoms with E-state index in [0.29, 0.717) is 13.0 Å². The predicted octanol–water partition coefficient (Wildman–Crippen LogP) is 1.90. The minimum Gasteiger partial charge on any atom is -0.494 e. The fourth-order valence-corrected chi connectivity index (χ4v) is 2.80. The van der Waals surface area contributed by atoms with Crippen LogP contribution in [0, 0.1) is 0 Å². The summed E-state index contributed by atoms with van der Waals surface area (Å²) in [4.78, 5) is 13.0. The van der Waals surface area contributed by atoms with E-state index in [1.165, 1.54) is 5.56 Å². The normalized spacial score (nSPS) is 19.4. The summed E-state index contributed by atoms with van der Waals surface area (Å²) in [7, 11) is 0. The fourth-order valence-electron chi connectivity index (χ4n) is 2.80. The molecule has 1 aromatic rings. The molecule has 21 heavy (non-hydrogen) atoms. The molecule has 0 spiro atoms. The number of carbonyl (C=O) groups is 1. The number of rotatable bonds is 7. The van der Waals surface area contributed by atoms with Crippen molar-refractivity contribution in [1.82, 2.24) is 10.2 Å². The van der Waals surface area contributed by atoms with Gasteiger partial charge in [0.05, 0.1) is 12.6 Å². The molecule has 0 aliphatic carbocycles. The van der Waals surface area contributed by atoms with Gasteiger partial charge in [-0.15, -0.1) is 0 Å². The number of hydrogen-bond acceptors (Lipinski definition) is 4. The quantitative estimate of drug-likeness (QED) is 0.803. The molecule has 1 unspecified atom stereocenters. The Bertz CT molecular complexity index is 465. The van der Waals surface area contributed by atoms with E-state index in [1.54, 1.807) is 0 Å². The molecule has 5 nitrogen and oxygen atoms in total. The van der Waals surface area contributed by atoms with Crippen LogP contribution >= 0.6 is 0 Å². The Hall–Kier alpha value is -1.59. The molecule has 1 atom stereocenters. The molecule has 1 heterocycles. The maximum absolute atomic E-state index is 10.7. The van der Waals surface area contributed by atoms with Crippen molar-refractivity contribution in [2.75, 3.05) is 32.8 Å². The number of aliphatic carboxylic acids is 1. The summed E-state index contributed by atoms with van der Waals surface area (Å²) in [6, 6.07) is 8.37. The summed E-state index contributed by atoms with van der Waals surface area (Å²) in [5.41, 5.74) is 1.18. The standard InChI is InChI=1S/C16H24N2O3/c1-2-21-15-7-4-3-6-13(15)14-12-17-9-11-18(14)10-5-8-16(19)20/h3-4,6-7,14,17H,2,5,8-12H2,1H3,(H,19,20). The second-order valence-electron chi connectivity index (χ2n) is 5.22. The fraction of sp³-hybridized carbons (Fsp3) is 0.562. The number of nitrogens with one attached hydrogen (secondary N) is 1. The number of carboxylic acids is 1. The van der Waals surface area contributed by atoms with Crippen LogP contribution in [-0.2, 0) is 4.79 Å². The zero-order valence-corrected chi connectivity index (χ0v) is 12.5. The summed E-state index contributed by atoms with van der Waals surface area (Å²) < 4.78 is 5.73. The zero-order chi connectivity index (χ0) is 15.1. The van der Waals surface area contributed by atoms with Crippen molar-refractivity contribution in [3.05, 3.63) is 29.8 Å². The van der Waals surface area contributed by atoms with Crippen molar-refractivity contribution in [2.45, 2.75) is 25.8 Å².